The van der Waals surface area contributed by atoms with Crippen LogP contribution in [0.3, 0.4) is 0 Å². The van der Waals surface area contributed by atoms with Crippen molar-refractivity contribution in [3.05, 3.63) is 58.1 Å². The van der Waals surface area contributed by atoms with Gasteiger partial charge in [0.25, 0.3) is 0 Å². The molecule has 0 aromatic heterocycles. The van der Waals surface area contributed by atoms with E-state index < -0.39 is 11.8 Å². The summed E-state index contributed by atoms with van der Waals surface area (Å²) in [5, 5.41) is 5.46. The fourth-order valence-electron chi connectivity index (χ4n) is 1.92. The number of carbonyl (C=O) groups excluding carboxylic acids is 2. The number of nitrogens with one attached hydrogen (secondary N) is 2. The predicted octanol–water partition coefficient (Wildman–Crippen LogP) is 4.69. The molecule has 0 aliphatic carbocycles. The normalized spacial score (nSPS) is 10.5. The monoisotopic (exact) mass is 350 g/mol. The summed E-state index contributed by atoms with van der Waals surface area (Å²) >= 11 is 11.8. The summed E-state index contributed by atoms with van der Waals surface area (Å²) in [6, 6.07) is 12.1. The standard InChI is InChI=1S/C17H16Cl2N2O2/c1-10(2)11-6-8-12(9-7-11)20-16(22)17(23)21-14-5-3-4-13(18)15(14)19/h3-10H,1-2H3,(H,20,22)(H,21,23). The number of anilines is 2. The first-order valence-corrected chi connectivity index (χ1v) is 7.80. The van der Waals surface area contributed by atoms with Gasteiger partial charge >= 0.3 is 11.8 Å². The Balaban J connectivity index is 2.02. The molecular weight excluding hydrogens is 335 g/mol. The van der Waals surface area contributed by atoms with Gasteiger partial charge in [-0.3, -0.25) is 9.59 Å². The van der Waals surface area contributed by atoms with E-state index in [1.54, 1.807) is 30.3 Å². The Morgan fingerprint density at radius 2 is 1.52 bits per heavy atom. The quantitative estimate of drug-likeness (QED) is 0.788. The van der Waals surface area contributed by atoms with Crippen LogP contribution in [0.5, 0.6) is 0 Å². The third kappa shape index (κ3) is 4.47. The number of benzene rings is 2. The smallest absolute Gasteiger partial charge is 0.314 e. The molecule has 0 atom stereocenters. The summed E-state index contributed by atoms with van der Waals surface area (Å²) in [4.78, 5) is 23.9. The molecular formula is C17H16Cl2N2O2. The van der Waals surface area contributed by atoms with Crippen LogP contribution in [-0.2, 0) is 9.59 Å². The third-order valence-corrected chi connectivity index (χ3v) is 4.06. The van der Waals surface area contributed by atoms with Crippen molar-refractivity contribution in [2.75, 3.05) is 10.6 Å². The second kappa shape index (κ2) is 7.49. The molecule has 0 aliphatic rings. The van der Waals surface area contributed by atoms with E-state index in [4.69, 9.17) is 23.2 Å². The maximum Gasteiger partial charge on any atom is 0.314 e. The zero-order valence-corrected chi connectivity index (χ0v) is 14.2. The minimum Gasteiger partial charge on any atom is -0.318 e. The van der Waals surface area contributed by atoms with E-state index >= 15 is 0 Å². The highest BCUT2D eigenvalue weighted by Crippen LogP contribution is 2.29. The number of amides is 2. The Bertz CT molecular complexity index is 728. The summed E-state index contributed by atoms with van der Waals surface area (Å²) in [5.41, 5.74) is 1.99. The molecule has 0 aliphatic heterocycles. The van der Waals surface area contributed by atoms with Gasteiger partial charge in [-0.2, -0.15) is 0 Å². The third-order valence-electron chi connectivity index (χ3n) is 3.24. The largest absolute Gasteiger partial charge is 0.318 e. The van der Waals surface area contributed by atoms with Gasteiger partial charge < -0.3 is 10.6 Å². The van der Waals surface area contributed by atoms with E-state index in [0.717, 1.165) is 5.56 Å². The van der Waals surface area contributed by atoms with Crippen LogP contribution >= 0.6 is 23.2 Å². The second-order valence-corrected chi connectivity index (χ2v) is 6.07. The van der Waals surface area contributed by atoms with Gasteiger partial charge in [0, 0.05) is 5.69 Å². The molecule has 6 heteroatoms. The molecule has 2 aromatic carbocycles. The molecule has 2 N–H and O–H groups in total. The van der Waals surface area contributed by atoms with Crippen molar-refractivity contribution in [3.8, 4) is 0 Å². The van der Waals surface area contributed by atoms with Crippen LogP contribution in [0.4, 0.5) is 11.4 Å². The SMILES string of the molecule is CC(C)c1ccc(NC(=O)C(=O)Nc2cccc(Cl)c2Cl)cc1. The first-order valence-electron chi connectivity index (χ1n) is 7.04. The molecule has 2 rings (SSSR count). The fraction of sp³-hybridized carbons (Fsp3) is 0.176. The van der Waals surface area contributed by atoms with Gasteiger partial charge in [0.05, 0.1) is 15.7 Å². The zero-order valence-electron chi connectivity index (χ0n) is 12.7. The lowest BCUT2D eigenvalue weighted by atomic mass is 10.0. The van der Waals surface area contributed by atoms with E-state index in [2.05, 4.69) is 24.5 Å². The highest BCUT2D eigenvalue weighted by Gasteiger charge is 2.16. The number of hydrogen-bond donors (Lipinski definition) is 2. The van der Waals surface area contributed by atoms with Crippen LogP contribution in [0, 0.1) is 0 Å². The minimum absolute atomic E-state index is 0.191. The first-order chi connectivity index (χ1) is 10.9. The van der Waals surface area contributed by atoms with E-state index in [0.29, 0.717) is 16.6 Å². The van der Waals surface area contributed by atoms with E-state index in [9.17, 15) is 9.59 Å². The molecule has 4 nitrogen and oxygen atoms in total. The highest BCUT2D eigenvalue weighted by molar-refractivity contribution is 6.47. The van der Waals surface area contributed by atoms with Crippen molar-refractivity contribution in [1.82, 2.24) is 0 Å². The lowest BCUT2D eigenvalue weighted by molar-refractivity contribution is -0.132. The maximum absolute atomic E-state index is 11.9. The van der Waals surface area contributed by atoms with Crippen LogP contribution in [0.15, 0.2) is 42.5 Å². The molecule has 0 radical (unpaired) electrons. The Labute approximate surface area is 144 Å². The van der Waals surface area contributed by atoms with E-state index in [-0.39, 0.29) is 10.7 Å². The summed E-state index contributed by atoms with van der Waals surface area (Å²) < 4.78 is 0. The molecule has 23 heavy (non-hydrogen) atoms. The van der Waals surface area contributed by atoms with Crippen LogP contribution < -0.4 is 10.6 Å². The Morgan fingerprint density at radius 3 is 2.13 bits per heavy atom. The van der Waals surface area contributed by atoms with Gasteiger partial charge in [0.2, 0.25) is 0 Å². The van der Waals surface area contributed by atoms with Crippen molar-refractivity contribution in [3.63, 3.8) is 0 Å². The summed E-state index contributed by atoms with van der Waals surface area (Å²) in [7, 11) is 0. The average Bonchev–Trinajstić information content (AvgIpc) is 2.52. The van der Waals surface area contributed by atoms with Gasteiger partial charge in [-0.25, -0.2) is 0 Å². The Morgan fingerprint density at radius 1 is 0.913 bits per heavy atom. The number of hydrogen-bond acceptors (Lipinski definition) is 2. The molecule has 0 saturated carbocycles. The molecule has 2 aromatic rings. The molecule has 0 unspecified atom stereocenters. The molecule has 0 fully saturated rings. The lowest BCUT2D eigenvalue weighted by Gasteiger charge is -2.10. The lowest BCUT2D eigenvalue weighted by Crippen LogP contribution is -2.29. The van der Waals surface area contributed by atoms with E-state index in [1.165, 1.54) is 0 Å². The number of halogens is 2. The zero-order chi connectivity index (χ0) is 17.0. The second-order valence-electron chi connectivity index (χ2n) is 5.29. The van der Waals surface area contributed by atoms with Gasteiger partial charge in [-0.15, -0.1) is 0 Å². The van der Waals surface area contributed by atoms with Crippen LogP contribution in [0.2, 0.25) is 10.0 Å². The Hall–Kier alpha value is -2.04. The predicted molar refractivity (Wildman–Crippen MR) is 94.3 cm³/mol. The number of rotatable bonds is 3. The van der Waals surface area contributed by atoms with Crippen LogP contribution in [0.1, 0.15) is 25.3 Å². The van der Waals surface area contributed by atoms with Crippen LogP contribution in [0.25, 0.3) is 0 Å². The first kappa shape index (κ1) is 17.3. The van der Waals surface area contributed by atoms with Crippen LogP contribution in [-0.4, -0.2) is 11.8 Å². The summed E-state index contributed by atoms with van der Waals surface area (Å²) in [6.07, 6.45) is 0. The fourth-order valence-corrected chi connectivity index (χ4v) is 2.27. The van der Waals surface area contributed by atoms with Gasteiger partial charge in [0.1, 0.15) is 0 Å². The van der Waals surface area contributed by atoms with Crippen molar-refractivity contribution < 1.29 is 9.59 Å². The minimum atomic E-state index is -0.817. The van der Waals surface area contributed by atoms with Gasteiger partial charge in [0.15, 0.2) is 0 Å². The van der Waals surface area contributed by atoms with Gasteiger partial charge in [-0.05, 0) is 35.7 Å². The average molecular weight is 351 g/mol. The molecule has 2 amide bonds. The van der Waals surface area contributed by atoms with Crippen molar-refractivity contribution in [2.45, 2.75) is 19.8 Å². The maximum atomic E-state index is 11.9. The van der Waals surface area contributed by atoms with Gasteiger partial charge in [-0.1, -0.05) is 55.2 Å². The van der Waals surface area contributed by atoms with E-state index in [1.807, 2.05) is 12.1 Å². The molecule has 0 heterocycles. The molecule has 0 bridgehead atoms. The summed E-state index contributed by atoms with van der Waals surface area (Å²) in [5.74, 6) is -1.20. The highest BCUT2D eigenvalue weighted by atomic mass is 35.5. The topological polar surface area (TPSA) is 58.2 Å². The van der Waals surface area contributed by atoms with Crippen molar-refractivity contribution in [1.29, 1.82) is 0 Å². The molecule has 0 spiro atoms. The Kier molecular flexibility index (Phi) is 5.64. The van der Waals surface area contributed by atoms with Crippen molar-refractivity contribution >= 4 is 46.4 Å². The number of carbonyl (C=O) groups is 2. The molecule has 120 valence electrons. The summed E-state index contributed by atoms with van der Waals surface area (Å²) in [6.45, 7) is 4.16. The molecule has 0 saturated heterocycles. The van der Waals surface area contributed by atoms with Crippen molar-refractivity contribution in [2.24, 2.45) is 0 Å².